The van der Waals surface area contributed by atoms with Crippen LogP contribution >= 0.6 is 0 Å². The van der Waals surface area contributed by atoms with Crippen molar-refractivity contribution in [3.63, 3.8) is 0 Å². The second-order valence-electron chi connectivity index (χ2n) is 20.1. The maximum Gasteiger partial charge on any atom is 0.233 e. The van der Waals surface area contributed by atoms with Crippen LogP contribution in [0.4, 0.5) is 10.1 Å². The molecule has 0 saturated carbocycles. The summed E-state index contributed by atoms with van der Waals surface area (Å²) in [4.78, 5) is 16.3. The summed E-state index contributed by atoms with van der Waals surface area (Å²) >= 11 is 0. The summed E-state index contributed by atoms with van der Waals surface area (Å²) in [5.41, 5.74) is 9.32. The van der Waals surface area contributed by atoms with Crippen molar-refractivity contribution in [2.45, 2.75) is 102 Å². The van der Waals surface area contributed by atoms with E-state index in [4.69, 9.17) is 28.4 Å². The minimum absolute atomic E-state index is 0.0386. The van der Waals surface area contributed by atoms with Gasteiger partial charge in [-0.25, -0.2) is 4.39 Å². The fourth-order valence-electron chi connectivity index (χ4n) is 10.5. The van der Waals surface area contributed by atoms with Gasteiger partial charge in [0.2, 0.25) is 5.91 Å². The highest BCUT2D eigenvalue weighted by Gasteiger charge is 2.51. The number of rotatable bonds is 24. The van der Waals surface area contributed by atoms with Gasteiger partial charge in [0.05, 0.1) is 57.2 Å². The predicted molar refractivity (Wildman–Crippen MR) is 296 cm³/mol. The van der Waals surface area contributed by atoms with Crippen LogP contribution in [0, 0.1) is 18.7 Å². The van der Waals surface area contributed by atoms with Gasteiger partial charge in [0.25, 0.3) is 0 Å². The second kappa shape index (κ2) is 26.2. The minimum atomic E-state index is -0.877. The minimum Gasteiger partial charge on any atom is -0.489 e. The van der Waals surface area contributed by atoms with Crippen LogP contribution in [0.25, 0.3) is 0 Å². The number of nitrogens with zero attached hydrogens (tertiary/aromatic N) is 1. The Hall–Kier alpha value is -7.28. The monoisotopic (exact) mass is 1030 g/mol. The van der Waals surface area contributed by atoms with Crippen LogP contribution in [0.1, 0.15) is 75.1 Å². The molecule has 2 heterocycles. The molecule has 0 bridgehead atoms. The van der Waals surface area contributed by atoms with Crippen molar-refractivity contribution in [3.05, 3.63) is 274 Å². The molecule has 1 amide bonds. The first-order chi connectivity index (χ1) is 37.8. The zero-order valence-electron chi connectivity index (χ0n) is 43.4. The number of aryl methyl sites for hydroxylation is 1. The third-order valence-corrected chi connectivity index (χ3v) is 14.6. The largest absolute Gasteiger partial charge is 0.489 e. The number of benzene rings is 8. The van der Waals surface area contributed by atoms with E-state index >= 15 is 0 Å². The lowest BCUT2D eigenvalue weighted by atomic mass is 9.77. The first-order valence-corrected chi connectivity index (χ1v) is 26.7. The zero-order chi connectivity index (χ0) is 52.8. The number of β-lactam (4-membered cyclic amide) rings is 1. The van der Waals surface area contributed by atoms with E-state index < -0.39 is 48.6 Å². The van der Waals surface area contributed by atoms with Gasteiger partial charge < -0.3 is 38.4 Å². The number of ether oxygens (including phenoxy) is 6. The van der Waals surface area contributed by atoms with Gasteiger partial charge in [0.1, 0.15) is 42.6 Å². The van der Waals surface area contributed by atoms with Gasteiger partial charge in [-0.05, 0) is 89.0 Å². The van der Waals surface area contributed by atoms with E-state index in [0.29, 0.717) is 57.0 Å². The Kier molecular flexibility index (Phi) is 18.1. The van der Waals surface area contributed by atoms with Crippen molar-refractivity contribution < 1.29 is 42.7 Å². The van der Waals surface area contributed by atoms with Crippen molar-refractivity contribution in [2.24, 2.45) is 5.92 Å². The van der Waals surface area contributed by atoms with Crippen molar-refractivity contribution in [1.29, 1.82) is 0 Å². The van der Waals surface area contributed by atoms with Gasteiger partial charge >= 0.3 is 0 Å². The van der Waals surface area contributed by atoms with E-state index in [1.165, 1.54) is 12.1 Å². The third-order valence-electron chi connectivity index (χ3n) is 14.6. The molecule has 8 aromatic rings. The van der Waals surface area contributed by atoms with E-state index in [0.717, 1.165) is 50.2 Å². The number of aliphatic hydroxyl groups is 1. The van der Waals surface area contributed by atoms with E-state index in [1.807, 2.05) is 151 Å². The van der Waals surface area contributed by atoms with Gasteiger partial charge in [0.15, 0.2) is 0 Å². The smallest absolute Gasteiger partial charge is 0.233 e. The first kappa shape index (κ1) is 53.1. The average molecular weight is 1030 g/mol. The number of carbonyl (C=O) groups is 1. The van der Waals surface area contributed by atoms with E-state index in [1.54, 1.807) is 12.1 Å². The van der Waals surface area contributed by atoms with Gasteiger partial charge in [-0.3, -0.25) is 4.79 Å². The number of aliphatic hydroxyl groups excluding tert-OH is 1. The quantitative estimate of drug-likeness (QED) is 0.0598. The molecule has 0 aliphatic carbocycles. The van der Waals surface area contributed by atoms with Crippen molar-refractivity contribution in [2.75, 3.05) is 11.5 Å². The van der Waals surface area contributed by atoms with Gasteiger partial charge in [-0.1, -0.05) is 194 Å². The summed E-state index contributed by atoms with van der Waals surface area (Å²) in [6.07, 6.45) is -2.69. The summed E-state index contributed by atoms with van der Waals surface area (Å²) in [7, 11) is 0. The Morgan fingerprint density at radius 2 is 1.04 bits per heavy atom. The van der Waals surface area contributed by atoms with Gasteiger partial charge in [-0.15, -0.1) is 0 Å². The molecule has 8 atom stereocenters. The molecule has 1 N–H and O–H groups in total. The van der Waals surface area contributed by atoms with Crippen LogP contribution in [-0.4, -0.2) is 48.1 Å². The van der Waals surface area contributed by atoms with Crippen LogP contribution in [-0.2, 0) is 67.9 Å². The molecule has 394 valence electrons. The molecule has 2 fully saturated rings. The number of anilines is 1. The molecular formula is C67H66FNO8. The molecule has 77 heavy (non-hydrogen) atoms. The second-order valence-corrected chi connectivity index (χ2v) is 20.1. The van der Waals surface area contributed by atoms with E-state index in [9.17, 15) is 14.3 Å². The SMILES string of the molecule is Cc1ccc(N2C(=O)[C@H](CC[C@H](O)c3ccc(F)cc3)[C@H]2c2ccc(C[C@@H]3OC(COCc4ccccc4)[C@H](OCc4ccccc4)[C@H](OCc4ccccc4)C3OCc3ccccc3)cc2OCc2ccccc2)cc1. The van der Waals surface area contributed by atoms with Crippen LogP contribution in [0.3, 0.4) is 0 Å². The van der Waals surface area contributed by atoms with Crippen molar-refractivity contribution in [1.82, 2.24) is 0 Å². The molecule has 0 spiro atoms. The van der Waals surface area contributed by atoms with E-state index in [2.05, 4.69) is 54.6 Å². The van der Waals surface area contributed by atoms with Crippen LogP contribution < -0.4 is 9.64 Å². The standard InChI is InChI=1S/C67H66FNO8/c1-47-27-34-56(35-28-47)69-63(58(67(69)71)37-38-59(70)54-30-32-55(68)33-31-54)57-36-29-53(39-60(57)73-42-49-19-9-3-10-20-49)40-61-64(74-43-50-21-11-4-12-22-50)66(76-45-52-25-15-6-16-26-52)65(75-44-51-23-13-5-14-24-51)62(77-61)46-72-41-48-17-7-2-8-18-48/h2-36,39,58-59,61-66,70H,37-38,40-46H2,1H3/t58-,59+,61+,62?,63-,64?,65+,66-/m1/s1. The molecule has 9 nitrogen and oxygen atoms in total. The number of halogens is 1. The highest BCUT2D eigenvalue weighted by Crippen LogP contribution is 2.49. The fourth-order valence-corrected chi connectivity index (χ4v) is 10.5. The Balaban J connectivity index is 1.02. The summed E-state index contributed by atoms with van der Waals surface area (Å²) < 4.78 is 55.7. The molecule has 2 aliphatic rings. The average Bonchev–Trinajstić information content (AvgIpc) is 3.54. The Morgan fingerprint density at radius 1 is 0.545 bits per heavy atom. The first-order valence-electron chi connectivity index (χ1n) is 26.7. The molecular weight excluding hydrogens is 966 g/mol. The molecule has 2 saturated heterocycles. The molecule has 10 heteroatoms. The van der Waals surface area contributed by atoms with Gasteiger partial charge in [-0.2, -0.15) is 0 Å². The summed E-state index contributed by atoms with van der Waals surface area (Å²) in [6, 6.07) is 70.2. The topological polar surface area (TPSA) is 95.9 Å². The number of hydrogen-bond donors (Lipinski definition) is 1. The summed E-state index contributed by atoms with van der Waals surface area (Å²) in [5.74, 6) is -0.253. The van der Waals surface area contributed by atoms with Crippen LogP contribution in [0.2, 0.25) is 0 Å². The third kappa shape index (κ3) is 13.8. The highest BCUT2D eigenvalue weighted by atomic mass is 19.1. The lowest BCUT2D eigenvalue weighted by Crippen LogP contribution is -2.61. The fraction of sp³-hybridized carbons (Fsp3) is 0.269. The maximum atomic E-state index is 14.5. The number of amides is 1. The van der Waals surface area contributed by atoms with Crippen molar-refractivity contribution in [3.8, 4) is 5.75 Å². The van der Waals surface area contributed by atoms with Gasteiger partial charge in [0, 0.05) is 17.7 Å². The molecule has 2 aliphatic heterocycles. The molecule has 10 rings (SSSR count). The molecule has 8 aromatic carbocycles. The lowest BCUT2D eigenvalue weighted by molar-refractivity contribution is -0.272. The van der Waals surface area contributed by atoms with E-state index in [-0.39, 0.29) is 24.9 Å². The highest BCUT2D eigenvalue weighted by molar-refractivity contribution is 6.03. The summed E-state index contributed by atoms with van der Waals surface area (Å²) in [5, 5.41) is 11.3. The Bertz CT molecular complexity index is 3060. The Morgan fingerprint density at radius 3 is 1.58 bits per heavy atom. The predicted octanol–water partition coefficient (Wildman–Crippen LogP) is 13.2. The molecule has 0 aromatic heterocycles. The maximum absolute atomic E-state index is 14.5. The zero-order valence-corrected chi connectivity index (χ0v) is 43.4. The molecule has 0 radical (unpaired) electrons. The lowest BCUT2D eigenvalue weighted by Gasteiger charge is -2.48. The van der Waals surface area contributed by atoms with Crippen LogP contribution in [0.5, 0.6) is 5.75 Å². The van der Waals surface area contributed by atoms with Crippen LogP contribution in [0.15, 0.2) is 218 Å². The van der Waals surface area contributed by atoms with Crippen molar-refractivity contribution >= 4 is 11.6 Å². The summed E-state index contributed by atoms with van der Waals surface area (Å²) in [6.45, 7) is 3.88. The number of carbonyl (C=O) groups excluding carboxylic acids is 1. The molecule has 2 unspecified atom stereocenters. The normalized spacial score (nSPS) is 20.6. The Labute approximate surface area is 451 Å². The number of hydrogen-bond acceptors (Lipinski definition) is 8.